The molecule has 0 saturated carbocycles. The average Bonchev–Trinajstić information content (AvgIpc) is 2.50. The second-order valence-corrected chi connectivity index (χ2v) is 8.35. The lowest BCUT2D eigenvalue weighted by atomic mass is 10.1. The summed E-state index contributed by atoms with van der Waals surface area (Å²) >= 11 is 3.35. The molecule has 0 bridgehead atoms. The Balaban J connectivity index is 2.37. The van der Waals surface area contributed by atoms with Crippen LogP contribution in [-0.2, 0) is 10.0 Å². The molecule has 25 heavy (non-hydrogen) atoms. The highest BCUT2D eigenvalue weighted by Gasteiger charge is 2.20. The number of carbonyl (C=O) groups excluding carboxylic acids is 1. The third-order valence-corrected chi connectivity index (χ3v) is 5.91. The van der Waals surface area contributed by atoms with Gasteiger partial charge in [0, 0.05) is 16.2 Å². The van der Waals surface area contributed by atoms with Crippen LogP contribution < -0.4 is 10.0 Å². The molecule has 0 unspecified atom stereocenters. The highest BCUT2D eigenvalue weighted by atomic mass is 79.9. The summed E-state index contributed by atoms with van der Waals surface area (Å²) in [7, 11) is -3.82. The molecule has 0 radical (unpaired) electrons. The van der Waals surface area contributed by atoms with E-state index in [0.717, 1.165) is 28.2 Å². The minimum Gasteiger partial charge on any atom is -0.322 e. The van der Waals surface area contributed by atoms with E-state index in [9.17, 15) is 17.6 Å². The molecular weight excluding hydrogens is 411 g/mol. The van der Waals surface area contributed by atoms with Crippen molar-refractivity contribution in [3.63, 3.8) is 0 Å². The van der Waals surface area contributed by atoms with Crippen LogP contribution in [0.2, 0.25) is 0 Å². The maximum absolute atomic E-state index is 14.1. The number of halogens is 2. The lowest BCUT2D eigenvalue weighted by molar-refractivity contribution is 0.102. The first-order chi connectivity index (χ1) is 11.6. The zero-order valence-electron chi connectivity index (χ0n) is 13.9. The molecule has 8 heteroatoms. The number of anilines is 1. The number of benzene rings is 2. The third-order valence-electron chi connectivity index (χ3n) is 3.40. The molecule has 134 valence electrons. The van der Waals surface area contributed by atoms with Crippen LogP contribution in [0.1, 0.15) is 29.8 Å². The van der Waals surface area contributed by atoms with Gasteiger partial charge in [-0.25, -0.2) is 17.5 Å². The molecule has 0 aliphatic carbocycles. The Morgan fingerprint density at radius 3 is 2.52 bits per heavy atom. The Morgan fingerprint density at radius 1 is 1.20 bits per heavy atom. The fraction of sp³-hybridized carbons (Fsp3) is 0.235. The Bertz CT molecular complexity index is 914. The average molecular weight is 429 g/mol. The molecule has 1 amide bonds. The monoisotopic (exact) mass is 428 g/mol. The van der Waals surface area contributed by atoms with E-state index in [2.05, 4.69) is 26.0 Å². The summed E-state index contributed by atoms with van der Waals surface area (Å²) in [4.78, 5) is 12.3. The van der Waals surface area contributed by atoms with Crippen LogP contribution in [0.5, 0.6) is 0 Å². The number of sulfonamides is 1. The third kappa shape index (κ3) is 4.65. The van der Waals surface area contributed by atoms with Crippen molar-refractivity contribution >= 4 is 37.5 Å². The van der Waals surface area contributed by atoms with Crippen molar-refractivity contribution in [2.75, 3.05) is 5.32 Å². The van der Waals surface area contributed by atoms with Gasteiger partial charge in [0.1, 0.15) is 5.82 Å². The minimum atomic E-state index is -3.82. The molecule has 0 aliphatic heterocycles. The van der Waals surface area contributed by atoms with Crippen LogP contribution in [0.4, 0.5) is 10.1 Å². The summed E-state index contributed by atoms with van der Waals surface area (Å²) in [5, 5.41) is 2.60. The molecule has 2 aromatic rings. The highest BCUT2D eigenvalue weighted by molar-refractivity contribution is 9.10. The maximum Gasteiger partial charge on any atom is 0.258 e. The van der Waals surface area contributed by atoms with E-state index < -0.39 is 21.7 Å². The number of rotatable bonds is 5. The second-order valence-electron chi connectivity index (χ2n) is 5.78. The van der Waals surface area contributed by atoms with Gasteiger partial charge in [-0.3, -0.25) is 4.79 Å². The van der Waals surface area contributed by atoms with Crippen LogP contribution >= 0.6 is 15.9 Å². The second kappa shape index (κ2) is 7.63. The van der Waals surface area contributed by atoms with Crippen molar-refractivity contribution in [2.24, 2.45) is 0 Å². The standard InChI is InChI=1S/C17H18BrFN2O3S/c1-10(2)21-25(23,24)12-7-8-15(19)13(9-12)17(22)20-16-6-4-5-14(18)11(16)3/h4-10,21H,1-3H3,(H,20,22). The Kier molecular flexibility index (Phi) is 5.97. The minimum absolute atomic E-state index is 0.168. The molecule has 0 saturated heterocycles. The predicted octanol–water partition coefficient (Wildman–Crippen LogP) is 3.84. The van der Waals surface area contributed by atoms with Gasteiger partial charge in [-0.2, -0.15) is 0 Å². The van der Waals surface area contributed by atoms with Gasteiger partial charge in [-0.15, -0.1) is 0 Å². The van der Waals surface area contributed by atoms with Gasteiger partial charge < -0.3 is 5.32 Å². The fourth-order valence-corrected chi connectivity index (χ4v) is 3.80. The molecule has 0 fully saturated rings. The fourth-order valence-electron chi connectivity index (χ4n) is 2.16. The number of carbonyl (C=O) groups is 1. The van der Waals surface area contributed by atoms with Crippen molar-refractivity contribution in [1.82, 2.24) is 4.72 Å². The number of hydrogen-bond acceptors (Lipinski definition) is 3. The van der Waals surface area contributed by atoms with Crippen molar-refractivity contribution < 1.29 is 17.6 Å². The van der Waals surface area contributed by atoms with E-state index in [0.29, 0.717) is 5.69 Å². The summed E-state index contributed by atoms with van der Waals surface area (Å²) < 4.78 is 41.7. The first-order valence-electron chi connectivity index (χ1n) is 7.50. The maximum atomic E-state index is 14.1. The molecule has 2 rings (SSSR count). The lowest BCUT2D eigenvalue weighted by Crippen LogP contribution is -2.30. The van der Waals surface area contributed by atoms with Crippen LogP contribution in [-0.4, -0.2) is 20.4 Å². The summed E-state index contributed by atoms with van der Waals surface area (Å²) in [5.74, 6) is -1.52. The van der Waals surface area contributed by atoms with E-state index in [1.165, 1.54) is 0 Å². The Hall–Kier alpha value is -1.77. The molecule has 0 spiro atoms. The van der Waals surface area contributed by atoms with E-state index in [-0.39, 0.29) is 16.5 Å². The van der Waals surface area contributed by atoms with E-state index in [1.54, 1.807) is 32.9 Å². The summed E-state index contributed by atoms with van der Waals surface area (Å²) in [5.41, 5.74) is 0.944. The van der Waals surface area contributed by atoms with Crippen LogP contribution in [0.3, 0.4) is 0 Å². The smallest absolute Gasteiger partial charge is 0.258 e. The normalized spacial score (nSPS) is 11.6. The van der Waals surface area contributed by atoms with Crippen molar-refractivity contribution in [1.29, 1.82) is 0 Å². The zero-order valence-corrected chi connectivity index (χ0v) is 16.3. The molecular formula is C17H18BrFN2O3S. The first kappa shape index (κ1) is 19.6. The van der Waals surface area contributed by atoms with Gasteiger partial charge in [0.25, 0.3) is 5.91 Å². The largest absolute Gasteiger partial charge is 0.322 e. The van der Waals surface area contributed by atoms with Crippen LogP contribution in [0.15, 0.2) is 45.8 Å². The van der Waals surface area contributed by atoms with Crippen LogP contribution in [0, 0.1) is 12.7 Å². The summed E-state index contributed by atoms with van der Waals surface area (Å²) in [6.07, 6.45) is 0. The summed E-state index contributed by atoms with van der Waals surface area (Å²) in [6.45, 7) is 5.14. The summed E-state index contributed by atoms with van der Waals surface area (Å²) in [6, 6.07) is 8.03. The SMILES string of the molecule is Cc1c(Br)cccc1NC(=O)c1cc(S(=O)(=O)NC(C)C)ccc1F. The molecule has 0 heterocycles. The van der Waals surface area contributed by atoms with E-state index in [4.69, 9.17) is 0 Å². The molecule has 5 nitrogen and oxygen atoms in total. The Morgan fingerprint density at radius 2 is 1.88 bits per heavy atom. The molecule has 2 aromatic carbocycles. The van der Waals surface area contributed by atoms with E-state index in [1.807, 2.05) is 6.07 Å². The lowest BCUT2D eigenvalue weighted by Gasteiger charge is -2.13. The van der Waals surface area contributed by atoms with Gasteiger partial charge in [-0.1, -0.05) is 22.0 Å². The number of nitrogens with one attached hydrogen (secondary N) is 2. The number of hydrogen-bond donors (Lipinski definition) is 2. The molecule has 0 aromatic heterocycles. The zero-order chi connectivity index (χ0) is 18.8. The van der Waals surface area contributed by atoms with Crippen molar-refractivity contribution in [3.05, 3.63) is 57.8 Å². The predicted molar refractivity (Wildman–Crippen MR) is 98.7 cm³/mol. The molecule has 0 atom stereocenters. The van der Waals surface area contributed by atoms with Gasteiger partial charge in [0.15, 0.2) is 0 Å². The molecule has 0 aliphatic rings. The quantitative estimate of drug-likeness (QED) is 0.759. The van der Waals surface area contributed by atoms with Crippen molar-refractivity contribution in [2.45, 2.75) is 31.7 Å². The molecule has 2 N–H and O–H groups in total. The van der Waals surface area contributed by atoms with Crippen LogP contribution in [0.25, 0.3) is 0 Å². The first-order valence-corrected chi connectivity index (χ1v) is 9.78. The highest BCUT2D eigenvalue weighted by Crippen LogP contribution is 2.24. The van der Waals surface area contributed by atoms with Gasteiger partial charge in [0.2, 0.25) is 10.0 Å². The Labute approximate surface area is 154 Å². The van der Waals surface area contributed by atoms with Gasteiger partial charge in [0.05, 0.1) is 10.5 Å². The number of amides is 1. The van der Waals surface area contributed by atoms with Crippen molar-refractivity contribution in [3.8, 4) is 0 Å². The topological polar surface area (TPSA) is 75.3 Å². The van der Waals surface area contributed by atoms with Gasteiger partial charge >= 0.3 is 0 Å². The van der Waals surface area contributed by atoms with Gasteiger partial charge in [-0.05, 0) is 56.7 Å². The van der Waals surface area contributed by atoms with E-state index >= 15 is 0 Å².